The summed E-state index contributed by atoms with van der Waals surface area (Å²) >= 11 is 0. The van der Waals surface area contributed by atoms with Crippen molar-refractivity contribution in [1.82, 2.24) is 0 Å². The molecule has 0 aliphatic carbocycles. The maximum absolute atomic E-state index is 13.0. The molecule has 0 aliphatic heterocycles. The molecule has 0 aliphatic rings. The van der Waals surface area contributed by atoms with Gasteiger partial charge in [0.1, 0.15) is 11.7 Å². The molecule has 0 heterocycles. The van der Waals surface area contributed by atoms with Crippen molar-refractivity contribution in [3.8, 4) is 0 Å². The number of rotatable bonds is 5. The molecule has 0 saturated heterocycles. The maximum atomic E-state index is 13.0. The summed E-state index contributed by atoms with van der Waals surface area (Å²) in [4.78, 5) is 10.2. The molecule has 0 spiro atoms. The topological polar surface area (TPSA) is 57.5 Å². The van der Waals surface area contributed by atoms with Crippen LogP contribution in [0.5, 0.6) is 0 Å². The van der Waals surface area contributed by atoms with Crippen LogP contribution in [0.25, 0.3) is 0 Å². The summed E-state index contributed by atoms with van der Waals surface area (Å²) in [7, 11) is 0. The molecule has 0 rings (SSSR count). The highest BCUT2D eigenvalue weighted by Crippen LogP contribution is 2.22. The minimum absolute atomic E-state index is 0.222. The normalized spacial score (nSPS) is 13.9. The average Bonchev–Trinajstić information content (AvgIpc) is 2.03. The first-order valence-corrected chi connectivity index (χ1v) is 4.03. The van der Waals surface area contributed by atoms with Crippen molar-refractivity contribution in [2.45, 2.75) is 19.8 Å². The largest absolute Gasteiger partial charge is 0.481 e. The highest BCUT2D eigenvalue weighted by atomic mass is 19.1. The lowest BCUT2D eigenvalue weighted by molar-refractivity contribution is -0.136. The second-order valence-electron chi connectivity index (χ2n) is 2.64. The van der Waals surface area contributed by atoms with E-state index < -0.39 is 24.2 Å². The SMILES string of the molecule is C/C(F)=C(CCC(=O)O)\C(F)=C/CO. The van der Waals surface area contributed by atoms with Crippen LogP contribution in [0.4, 0.5) is 8.78 Å². The minimum atomic E-state index is -1.12. The summed E-state index contributed by atoms with van der Waals surface area (Å²) in [6.07, 6.45) is 0.226. The van der Waals surface area contributed by atoms with Crippen molar-refractivity contribution < 1.29 is 23.8 Å². The summed E-state index contributed by atoms with van der Waals surface area (Å²) in [6, 6.07) is 0. The Hall–Kier alpha value is -1.23. The van der Waals surface area contributed by atoms with Gasteiger partial charge in [-0.25, -0.2) is 8.78 Å². The molecule has 0 bridgehead atoms. The Morgan fingerprint density at radius 2 is 1.93 bits per heavy atom. The van der Waals surface area contributed by atoms with Crippen LogP contribution in [-0.4, -0.2) is 22.8 Å². The molecular weight excluding hydrogens is 194 g/mol. The highest BCUT2D eigenvalue weighted by molar-refractivity contribution is 5.67. The van der Waals surface area contributed by atoms with E-state index >= 15 is 0 Å². The predicted molar refractivity (Wildman–Crippen MR) is 47.0 cm³/mol. The van der Waals surface area contributed by atoms with E-state index in [2.05, 4.69) is 0 Å². The van der Waals surface area contributed by atoms with Gasteiger partial charge in [-0.05, 0) is 19.4 Å². The zero-order valence-electron chi connectivity index (χ0n) is 7.76. The van der Waals surface area contributed by atoms with Crippen molar-refractivity contribution in [2.24, 2.45) is 0 Å². The predicted octanol–water partition coefficient (Wildman–Crippen LogP) is 1.94. The number of carboxylic acid groups (broad SMARTS) is 1. The third-order valence-electron chi connectivity index (χ3n) is 1.56. The third kappa shape index (κ3) is 4.71. The Labute approximate surface area is 80.4 Å². The zero-order chi connectivity index (χ0) is 11.1. The van der Waals surface area contributed by atoms with Gasteiger partial charge in [-0.3, -0.25) is 4.79 Å². The van der Waals surface area contributed by atoms with Crippen molar-refractivity contribution in [3.63, 3.8) is 0 Å². The fourth-order valence-electron chi connectivity index (χ4n) is 0.891. The van der Waals surface area contributed by atoms with Gasteiger partial charge < -0.3 is 10.2 Å². The van der Waals surface area contributed by atoms with Gasteiger partial charge in [-0.15, -0.1) is 0 Å². The van der Waals surface area contributed by atoms with Crippen molar-refractivity contribution >= 4 is 5.97 Å². The first kappa shape index (κ1) is 12.8. The molecule has 0 amide bonds. The van der Waals surface area contributed by atoms with E-state index in [1.54, 1.807) is 0 Å². The van der Waals surface area contributed by atoms with E-state index in [1.165, 1.54) is 0 Å². The third-order valence-corrected chi connectivity index (χ3v) is 1.56. The lowest BCUT2D eigenvalue weighted by atomic mass is 10.1. The number of aliphatic carboxylic acids is 1. The smallest absolute Gasteiger partial charge is 0.303 e. The molecule has 2 N–H and O–H groups in total. The number of aliphatic hydroxyl groups is 1. The molecule has 0 radical (unpaired) electrons. The average molecular weight is 206 g/mol. The number of carbonyl (C=O) groups is 1. The molecule has 0 fully saturated rings. The van der Waals surface area contributed by atoms with Crippen LogP contribution in [0.1, 0.15) is 19.8 Å². The van der Waals surface area contributed by atoms with Crippen LogP contribution in [0.2, 0.25) is 0 Å². The van der Waals surface area contributed by atoms with Crippen LogP contribution >= 0.6 is 0 Å². The second kappa shape index (κ2) is 6.26. The fourth-order valence-corrected chi connectivity index (χ4v) is 0.891. The number of aliphatic hydroxyl groups excluding tert-OH is 1. The van der Waals surface area contributed by atoms with Gasteiger partial charge in [0.2, 0.25) is 0 Å². The van der Waals surface area contributed by atoms with E-state index in [1.807, 2.05) is 0 Å². The maximum Gasteiger partial charge on any atom is 0.303 e. The van der Waals surface area contributed by atoms with E-state index in [0.29, 0.717) is 0 Å². The zero-order valence-corrected chi connectivity index (χ0v) is 7.76. The standard InChI is InChI=1S/C9H12F2O3/c1-6(10)7(2-3-9(13)14)8(11)4-5-12/h4,12H,2-3,5H2,1H3,(H,13,14)/b7-6+,8-4+. The molecule has 0 unspecified atom stereocenters. The second-order valence-corrected chi connectivity index (χ2v) is 2.64. The summed E-state index contributed by atoms with van der Waals surface area (Å²) in [5.41, 5.74) is -0.304. The summed E-state index contributed by atoms with van der Waals surface area (Å²) < 4.78 is 25.7. The van der Waals surface area contributed by atoms with Crippen LogP contribution in [0, 0.1) is 0 Å². The summed E-state index contributed by atoms with van der Waals surface area (Å²) in [5.74, 6) is -2.80. The molecule has 0 aromatic rings. The lowest BCUT2D eigenvalue weighted by Crippen LogP contribution is -1.97. The van der Waals surface area contributed by atoms with Crippen molar-refractivity contribution in [3.05, 3.63) is 23.3 Å². The van der Waals surface area contributed by atoms with Crippen LogP contribution in [0.3, 0.4) is 0 Å². The van der Waals surface area contributed by atoms with Gasteiger partial charge in [0, 0.05) is 12.0 Å². The fraction of sp³-hybridized carbons (Fsp3) is 0.444. The van der Waals surface area contributed by atoms with E-state index in [9.17, 15) is 13.6 Å². The molecule has 0 saturated carbocycles. The van der Waals surface area contributed by atoms with Crippen molar-refractivity contribution in [2.75, 3.05) is 6.61 Å². The first-order chi connectivity index (χ1) is 6.49. The molecular formula is C9H12F2O3. The van der Waals surface area contributed by atoms with E-state index in [0.717, 1.165) is 13.0 Å². The highest BCUT2D eigenvalue weighted by Gasteiger charge is 2.10. The van der Waals surface area contributed by atoms with Gasteiger partial charge in [-0.1, -0.05) is 0 Å². The molecule has 0 atom stereocenters. The number of allylic oxidation sites excluding steroid dienone is 3. The number of hydrogen-bond donors (Lipinski definition) is 2. The first-order valence-electron chi connectivity index (χ1n) is 4.03. The summed E-state index contributed by atoms with van der Waals surface area (Å²) in [6.45, 7) is 0.498. The molecule has 80 valence electrons. The number of halogens is 2. The Morgan fingerprint density at radius 1 is 1.36 bits per heavy atom. The Kier molecular flexibility index (Phi) is 5.71. The molecule has 0 aromatic carbocycles. The Balaban J connectivity index is 4.56. The van der Waals surface area contributed by atoms with Gasteiger partial charge in [0.15, 0.2) is 0 Å². The van der Waals surface area contributed by atoms with E-state index in [4.69, 9.17) is 10.2 Å². The molecule has 14 heavy (non-hydrogen) atoms. The van der Waals surface area contributed by atoms with Crippen LogP contribution in [-0.2, 0) is 4.79 Å². The number of carboxylic acids is 1. The Bertz CT molecular complexity index is 265. The number of hydrogen-bond acceptors (Lipinski definition) is 2. The van der Waals surface area contributed by atoms with Crippen LogP contribution < -0.4 is 0 Å². The van der Waals surface area contributed by atoms with Gasteiger partial charge in [0.05, 0.1) is 6.61 Å². The summed E-state index contributed by atoms with van der Waals surface area (Å²) in [5, 5.41) is 16.7. The lowest BCUT2D eigenvalue weighted by Gasteiger charge is -2.03. The van der Waals surface area contributed by atoms with Gasteiger partial charge in [-0.2, -0.15) is 0 Å². The van der Waals surface area contributed by atoms with E-state index in [-0.39, 0.29) is 18.4 Å². The monoisotopic (exact) mass is 206 g/mol. The molecule has 0 aromatic heterocycles. The molecule has 3 nitrogen and oxygen atoms in total. The van der Waals surface area contributed by atoms with Gasteiger partial charge >= 0.3 is 5.97 Å². The van der Waals surface area contributed by atoms with Gasteiger partial charge in [0.25, 0.3) is 0 Å². The van der Waals surface area contributed by atoms with Crippen molar-refractivity contribution in [1.29, 1.82) is 0 Å². The van der Waals surface area contributed by atoms with Crippen LogP contribution in [0.15, 0.2) is 23.3 Å². The minimum Gasteiger partial charge on any atom is -0.481 e. The quantitative estimate of drug-likeness (QED) is 0.676. The molecule has 5 heteroatoms. The Morgan fingerprint density at radius 3 is 2.29 bits per heavy atom.